The first kappa shape index (κ1) is 35.5. The molecule has 0 spiro atoms. The molecule has 51 heavy (non-hydrogen) atoms. The molecule has 0 unspecified atom stereocenters. The standard InChI is InChI=1S/C37H16F4N6O2.Pd.Pt/c38-23-13-31(45-35(40)15-23)21-3-1-5-25(11-21)48-27-7-9-29-30-10-8-28(18-34(30)47(33(29)17-27)37-43-19-42-20-44-37)49-26-6-2-4-22(12-26)32-14-24(39)16-36(41)46-32;;/h1-10,13-16,19-20H;;/q-4;2*+2. The topological polar surface area (TPSA) is 87.8 Å². The van der Waals surface area contributed by atoms with E-state index in [1.165, 1.54) is 12.7 Å². The smallest absolute Gasteiger partial charge is 0.503 e. The Hall–Kier alpha value is -5.34. The summed E-state index contributed by atoms with van der Waals surface area (Å²) in [5.74, 6) is -2.01. The van der Waals surface area contributed by atoms with E-state index in [4.69, 9.17) is 9.47 Å². The summed E-state index contributed by atoms with van der Waals surface area (Å²) < 4.78 is 69.0. The van der Waals surface area contributed by atoms with Crippen molar-refractivity contribution in [2.45, 2.75) is 0 Å². The van der Waals surface area contributed by atoms with Crippen molar-refractivity contribution in [1.29, 1.82) is 0 Å². The van der Waals surface area contributed by atoms with Crippen LogP contribution in [0.4, 0.5) is 17.6 Å². The average Bonchev–Trinajstić information content (AvgIpc) is 3.41. The van der Waals surface area contributed by atoms with Crippen LogP contribution in [0.5, 0.6) is 23.0 Å². The average molecular weight is 954 g/mol. The van der Waals surface area contributed by atoms with E-state index in [-0.39, 0.29) is 70.3 Å². The van der Waals surface area contributed by atoms with Gasteiger partial charge in [0.1, 0.15) is 24.3 Å². The van der Waals surface area contributed by atoms with E-state index in [9.17, 15) is 17.6 Å². The van der Waals surface area contributed by atoms with Gasteiger partial charge in [-0.2, -0.15) is 31.7 Å². The molecule has 0 aliphatic rings. The molecule has 0 fully saturated rings. The van der Waals surface area contributed by atoms with Crippen LogP contribution in [0, 0.1) is 47.8 Å². The minimum atomic E-state index is -0.950. The molecule has 0 amide bonds. The number of hydrogen-bond acceptors (Lipinski definition) is 7. The summed E-state index contributed by atoms with van der Waals surface area (Å²) in [6.07, 6.45) is 2.71. The summed E-state index contributed by atoms with van der Waals surface area (Å²) in [7, 11) is 0. The Bertz CT molecular complexity index is 2350. The Morgan fingerprint density at radius 3 is 1.45 bits per heavy atom. The summed E-state index contributed by atoms with van der Waals surface area (Å²) in [4.78, 5) is 20.1. The molecule has 0 saturated carbocycles. The van der Waals surface area contributed by atoms with Gasteiger partial charge in [0.2, 0.25) is 17.8 Å². The van der Waals surface area contributed by atoms with Crippen molar-refractivity contribution >= 4 is 21.8 Å². The number of aromatic nitrogens is 6. The Balaban J connectivity index is 0.00000224. The molecule has 0 atom stereocenters. The van der Waals surface area contributed by atoms with Gasteiger partial charge in [0.15, 0.2) is 0 Å². The fourth-order valence-electron chi connectivity index (χ4n) is 5.25. The minimum absolute atomic E-state index is 0. The Morgan fingerprint density at radius 1 is 0.549 bits per heavy atom. The van der Waals surface area contributed by atoms with Crippen LogP contribution >= 0.6 is 0 Å². The predicted octanol–water partition coefficient (Wildman–Crippen LogP) is 8.43. The zero-order valence-corrected chi connectivity index (χ0v) is 29.2. The van der Waals surface area contributed by atoms with Crippen molar-refractivity contribution in [3.05, 3.63) is 145 Å². The molecule has 0 bridgehead atoms. The van der Waals surface area contributed by atoms with Crippen LogP contribution in [0.3, 0.4) is 0 Å². The van der Waals surface area contributed by atoms with Gasteiger partial charge in [0.25, 0.3) is 0 Å². The maximum atomic E-state index is 13.8. The molecule has 4 heterocycles. The molecule has 8 nitrogen and oxygen atoms in total. The van der Waals surface area contributed by atoms with Crippen LogP contribution in [0.2, 0.25) is 0 Å². The molecule has 0 aliphatic heterocycles. The molecule has 0 N–H and O–H groups in total. The monoisotopic (exact) mass is 953 g/mol. The van der Waals surface area contributed by atoms with E-state index in [2.05, 4.69) is 49.2 Å². The van der Waals surface area contributed by atoms with Crippen molar-refractivity contribution in [1.82, 2.24) is 29.5 Å². The van der Waals surface area contributed by atoms with Crippen molar-refractivity contribution in [2.24, 2.45) is 0 Å². The summed E-state index contributed by atoms with van der Waals surface area (Å²) in [6.45, 7) is 0. The number of hydrogen-bond donors (Lipinski definition) is 0. The molecule has 8 aromatic rings. The molecule has 14 heteroatoms. The predicted molar refractivity (Wildman–Crippen MR) is 169 cm³/mol. The van der Waals surface area contributed by atoms with Crippen LogP contribution in [0.15, 0.2) is 97.6 Å². The molecular formula is C37H16F4N6O2PdPt. The summed E-state index contributed by atoms with van der Waals surface area (Å²) in [5.41, 5.74) is 1.89. The van der Waals surface area contributed by atoms with Gasteiger partial charge in [-0.15, -0.1) is 71.8 Å². The fraction of sp³-hybridized carbons (Fsp3) is 0. The third kappa shape index (κ3) is 7.42. The third-order valence-electron chi connectivity index (χ3n) is 7.26. The van der Waals surface area contributed by atoms with E-state index in [1.54, 1.807) is 53.1 Å². The van der Waals surface area contributed by atoms with Gasteiger partial charge in [-0.3, -0.25) is 9.97 Å². The zero-order valence-electron chi connectivity index (χ0n) is 25.4. The maximum absolute atomic E-state index is 13.8. The van der Waals surface area contributed by atoms with E-state index in [0.717, 1.165) is 22.9 Å². The van der Waals surface area contributed by atoms with Gasteiger partial charge < -0.3 is 14.0 Å². The zero-order chi connectivity index (χ0) is 33.5. The summed E-state index contributed by atoms with van der Waals surface area (Å²) >= 11 is 0. The second-order valence-corrected chi connectivity index (χ2v) is 10.5. The summed E-state index contributed by atoms with van der Waals surface area (Å²) in [5, 5.41) is 1.55. The molecule has 254 valence electrons. The van der Waals surface area contributed by atoms with E-state index >= 15 is 0 Å². The number of benzene rings is 4. The second-order valence-electron chi connectivity index (χ2n) is 10.5. The van der Waals surface area contributed by atoms with Crippen LogP contribution in [0.25, 0.3) is 50.3 Å². The molecule has 0 radical (unpaired) electrons. The molecule has 0 saturated heterocycles. The quantitative estimate of drug-likeness (QED) is 0.0687. The number of nitrogens with zero attached hydrogens (tertiary/aromatic N) is 6. The third-order valence-corrected chi connectivity index (χ3v) is 7.26. The van der Waals surface area contributed by atoms with Crippen molar-refractivity contribution < 1.29 is 68.5 Å². The SMILES string of the molecule is Fc1cc(F)nc(-c2[c-]c(Oc3[c-]c4c(cc3)c3ccc(Oc5[c-]c(-c6cc(F)cc(F)n6)ccc5)[c-]c3n4-c3ncncn3)ccc2)c1.[Pd+2].[Pt+2]. The Kier molecular flexibility index (Phi) is 10.3. The number of pyridine rings is 2. The first-order chi connectivity index (χ1) is 23.9. The van der Waals surface area contributed by atoms with Crippen molar-refractivity contribution in [3.63, 3.8) is 0 Å². The van der Waals surface area contributed by atoms with Crippen LogP contribution in [-0.2, 0) is 41.5 Å². The first-order valence-corrected chi connectivity index (χ1v) is 14.5. The molecule has 8 rings (SSSR count). The van der Waals surface area contributed by atoms with Crippen molar-refractivity contribution in [2.75, 3.05) is 0 Å². The second kappa shape index (κ2) is 14.9. The molecular weight excluding hydrogens is 938 g/mol. The van der Waals surface area contributed by atoms with Crippen LogP contribution in [-0.4, -0.2) is 29.5 Å². The number of fused-ring (bicyclic) bond motifs is 3. The van der Waals surface area contributed by atoms with E-state index in [1.807, 2.05) is 12.1 Å². The Labute approximate surface area is 315 Å². The number of ether oxygens (including phenoxy) is 2. The van der Waals surface area contributed by atoms with E-state index < -0.39 is 23.5 Å². The largest absolute Gasteiger partial charge is 2.00 e. The first-order valence-electron chi connectivity index (χ1n) is 14.5. The van der Waals surface area contributed by atoms with Gasteiger partial charge in [-0.25, -0.2) is 23.7 Å². The minimum Gasteiger partial charge on any atom is -0.503 e. The summed E-state index contributed by atoms with van der Waals surface area (Å²) in [6, 6.07) is 33.0. The fourth-order valence-corrected chi connectivity index (χ4v) is 5.25. The van der Waals surface area contributed by atoms with Crippen molar-refractivity contribution in [3.8, 4) is 51.5 Å². The molecule has 4 aromatic carbocycles. The van der Waals surface area contributed by atoms with Gasteiger partial charge in [-0.05, 0) is 23.5 Å². The van der Waals surface area contributed by atoms with Gasteiger partial charge in [0, 0.05) is 35.1 Å². The molecule has 4 aromatic heterocycles. The normalized spacial score (nSPS) is 10.8. The Morgan fingerprint density at radius 2 is 1.00 bits per heavy atom. The maximum Gasteiger partial charge on any atom is 2.00 e. The van der Waals surface area contributed by atoms with Gasteiger partial charge in [-0.1, -0.05) is 23.2 Å². The number of rotatable bonds is 7. The van der Waals surface area contributed by atoms with Gasteiger partial charge in [0.05, 0.1) is 0 Å². The van der Waals surface area contributed by atoms with Crippen LogP contribution < -0.4 is 9.47 Å². The number of halogens is 4. The van der Waals surface area contributed by atoms with Gasteiger partial charge >= 0.3 is 41.5 Å². The van der Waals surface area contributed by atoms with E-state index in [0.29, 0.717) is 45.8 Å². The molecule has 0 aliphatic carbocycles. The van der Waals surface area contributed by atoms with Crippen LogP contribution in [0.1, 0.15) is 0 Å².